The van der Waals surface area contributed by atoms with Crippen molar-refractivity contribution in [2.75, 3.05) is 16.8 Å². The summed E-state index contributed by atoms with van der Waals surface area (Å²) in [6.07, 6.45) is 1.49. The van der Waals surface area contributed by atoms with Crippen LogP contribution in [0.15, 0.2) is 35.3 Å². The Balaban J connectivity index is 1.91. The molecule has 6 N–H and O–H groups in total. The number of aromatic amines is 1. The molecule has 0 aliphatic rings. The Bertz CT molecular complexity index is 1270. The summed E-state index contributed by atoms with van der Waals surface area (Å²) in [6.45, 7) is 1.70. The van der Waals surface area contributed by atoms with E-state index in [1.54, 1.807) is 13.0 Å². The van der Waals surface area contributed by atoms with Gasteiger partial charge >= 0.3 is 0 Å². The molecule has 0 unspecified atom stereocenters. The molecule has 0 fully saturated rings. The first-order chi connectivity index (χ1) is 13.9. The average molecular weight is 416 g/mol. The van der Waals surface area contributed by atoms with Crippen molar-refractivity contribution < 1.29 is 4.39 Å². The first kappa shape index (κ1) is 18.6. The first-order valence-electron chi connectivity index (χ1n) is 8.42. The predicted molar refractivity (Wildman–Crippen MR) is 107 cm³/mol. The minimum Gasteiger partial charge on any atom is -0.382 e. The average Bonchev–Trinajstić information content (AvgIpc) is 3.20. The fourth-order valence-electron chi connectivity index (χ4n) is 2.93. The third kappa shape index (κ3) is 3.21. The van der Waals surface area contributed by atoms with E-state index in [1.165, 1.54) is 29.0 Å². The number of anilines is 3. The zero-order chi connectivity index (χ0) is 20.7. The van der Waals surface area contributed by atoms with Crippen LogP contribution < -0.4 is 22.3 Å². The summed E-state index contributed by atoms with van der Waals surface area (Å²) in [5, 5.41) is 9.79. The molecular weight excluding hydrogens is 401 g/mol. The molecule has 0 aliphatic carbocycles. The lowest BCUT2D eigenvalue weighted by Crippen LogP contribution is -2.28. The third-order valence-corrected chi connectivity index (χ3v) is 4.61. The molecule has 0 saturated carbocycles. The summed E-state index contributed by atoms with van der Waals surface area (Å²) in [7, 11) is 0. The topological polar surface area (TPSA) is 153 Å². The van der Waals surface area contributed by atoms with Gasteiger partial charge in [-0.2, -0.15) is 15.1 Å². The Morgan fingerprint density at radius 2 is 2.03 bits per heavy atom. The zero-order valence-corrected chi connectivity index (χ0v) is 15.8. The molecule has 29 heavy (non-hydrogen) atoms. The van der Waals surface area contributed by atoms with Crippen LogP contribution in [0.3, 0.4) is 0 Å². The van der Waals surface area contributed by atoms with Gasteiger partial charge in [0.1, 0.15) is 33.8 Å². The number of nitrogen functional groups attached to an aromatic ring is 2. The van der Waals surface area contributed by atoms with Gasteiger partial charge in [0, 0.05) is 6.07 Å². The number of benzene rings is 1. The van der Waals surface area contributed by atoms with Crippen LogP contribution in [-0.2, 0) is 0 Å². The van der Waals surface area contributed by atoms with Gasteiger partial charge in [-0.15, -0.1) is 0 Å². The maximum absolute atomic E-state index is 14.4. The molecule has 0 radical (unpaired) electrons. The van der Waals surface area contributed by atoms with Crippen molar-refractivity contribution in [3.63, 3.8) is 0 Å². The van der Waals surface area contributed by atoms with E-state index in [4.69, 9.17) is 23.1 Å². The largest absolute Gasteiger partial charge is 0.382 e. The van der Waals surface area contributed by atoms with Crippen LogP contribution in [-0.4, -0.2) is 29.7 Å². The fourth-order valence-corrected chi connectivity index (χ4v) is 3.07. The van der Waals surface area contributed by atoms with Crippen LogP contribution in [0.5, 0.6) is 0 Å². The number of nitrogens with one attached hydrogen (secondary N) is 2. The van der Waals surface area contributed by atoms with Gasteiger partial charge in [0.2, 0.25) is 5.95 Å². The normalized spacial score (nSPS) is 12.2. The second-order valence-electron chi connectivity index (χ2n) is 6.18. The Labute approximate surface area is 167 Å². The van der Waals surface area contributed by atoms with Gasteiger partial charge in [-0.05, 0) is 19.1 Å². The van der Waals surface area contributed by atoms with E-state index in [0.29, 0.717) is 5.82 Å². The Morgan fingerprint density at radius 1 is 1.24 bits per heavy atom. The molecule has 10 nitrogen and oxygen atoms in total. The highest BCUT2D eigenvalue weighted by molar-refractivity contribution is 6.35. The number of hydrogen-bond donors (Lipinski definition) is 4. The number of fused-ring (bicyclic) bond motifs is 1. The highest BCUT2D eigenvalue weighted by Crippen LogP contribution is 2.29. The molecule has 1 aromatic carbocycles. The summed E-state index contributed by atoms with van der Waals surface area (Å²) >= 11 is 6.15. The van der Waals surface area contributed by atoms with E-state index < -0.39 is 17.4 Å². The van der Waals surface area contributed by atoms with Gasteiger partial charge in [-0.25, -0.2) is 13.9 Å². The molecule has 12 heteroatoms. The van der Waals surface area contributed by atoms with Crippen molar-refractivity contribution in [2.24, 2.45) is 0 Å². The molecule has 0 aliphatic heterocycles. The van der Waals surface area contributed by atoms with Crippen LogP contribution in [0.25, 0.3) is 16.7 Å². The van der Waals surface area contributed by atoms with Crippen molar-refractivity contribution in [2.45, 2.75) is 13.0 Å². The minimum absolute atomic E-state index is 0.00246. The van der Waals surface area contributed by atoms with Crippen LogP contribution in [0.1, 0.15) is 18.8 Å². The van der Waals surface area contributed by atoms with Gasteiger partial charge in [0.15, 0.2) is 5.82 Å². The van der Waals surface area contributed by atoms with Gasteiger partial charge in [0.25, 0.3) is 5.56 Å². The lowest BCUT2D eigenvalue weighted by molar-refractivity contribution is 0.631. The smallest absolute Gasteiger partial charge is 0.267 e. The van der Waals surface area contributed by atoms with Gasteiger partial charge in [-0.1, -0.05) is 17.7 Å². The van der Waals surface area contributed by atoms with E-state index in [0.717, 1.165) is 0 Å². The van der Waals surface area contributed by atoms with E-state index in [-0.39, 0.29) is 39.3 Å². The lowest BCUT2D eigenvalue weighted by Gasteiger charge is -2.20. The molecule has 148 valence electrons. The number of para-hydroxylation sites is 1. The van der Waals surface area contributed by atoms with Gasteiger partial charge < -0.3 is 16.8 Å². The lowest BCUT2D eigenvalue weighted by atomic mass is 10.2. The minimum atomic E-state index is -0.652. The molecule has 0 saturated heterocycles. The summed E-state index contributed by atoms with van der Waals surface area (Å²) in [5.74, 6) is 0.0257. The summed E-state index contributed by atoms with van der Waals surface area (Å²) in [6, 6.07) is 5.13. The summed E-state index contributed by atoms with van der Waals surface area (Å²) in [5.41, 5.74) is 10.8. The first-order valence-corrected chi connectivity index (χ1v) is 8.80. The standard InChI is InChI=1S/C17H15ClFN9O/c1-7(23-14-11(18)13(20)25-17(21)26-14)15-24-12-8(3-2-4-9(12)19)16(29)28(15)10-5-6-22-27-10/h2-7H,1H3,(H,22,27)(H5,20,21,23,25,26)/t7-/m0/s1. The molecule has 4 rings (SSSR count). The zero-order valence-electron chi connectivity index (χ0n) is 15.0. The van der Waals surface area contributed by atoms with Crippen LogP contribution in [0.4, 0.5) is 22.0 Å². The fraction of sp³-hybridized carbons (Fsp3) is 0.118. The van der Waals surface area contributed by atoms with E-state index in [1.807, 2.05) is 0 Å². The second-order valence-corrected chi connectivity index (χ2v) is 6.56. The maximum atomic E-state index is 14.4. The molecule has 0 amide bonds. The van der Waals surface area contributed by atoms with Crippen molar-refractivity contribution in [1.82, 2.24) is 29.7 Å². The number of nitrogens with zero attached hydrogens (tertiary/aromatic N) is 5. The van der Waals surface area contributed by atoms with Crippen molar-refractivity contribution in [3.05, 3.63) is 57.5 Å². The number of aromatic nitrogens is 6. The molecule has 3 heterocycles. The second kappa shape index (κ2) is 7.02. The number of halogens is 2. The Morgan fingerprint density at radius 3 is 2.76 bits per heavy atom. The van der Waals surface area contributed by atoms with Gasteiger partial charge in [-0.3, -0.25) is 9.89 Å². The third-order valence-electron chi connectivity index (χ3n) is 4.24. The highest BCUT2D eigenvalue weighted by Gasteiger charge is 2.22. The Hall–Kier alpha value is -3.73. The summed E-state index contributed by atoms with van der Waals surface area (Å²) in [4.78, 5) is 25.3. The van der Waals surface area contributed by atoms with Crippen molar-refractivity contribution in [1.29, 1.82) is 0 Å². The molecule has 1 atom stereocenters. The SMILES string of the molecule is C[C@H](Nc1nc(N)nc(N)c1Cl)c1nc2c(F)cccc2c(=O)n1-c1ccn[nH]1. The number of rotatable bonds is 4. The monoisotopic (exact) mass is 415 g/mol. The van der Waals surface area contributed by atoms with Crippen LogP contribution in [0.2, 0.25) is 5.02 Å². The van der Waals surface area contributed by atoms with Crippen LogP contribution >= 0.6 is 11.6 Å². The van der Waals surface area contributed by atoms with E-state index in [9.17, 15) is 9.18 Å². The van der Waals surface area contributed by atoms with E-state index in [2.05, 4.69) is 30.5 Å². The number of nitrogens with two attached hydrogens (primary N) is 2. The predicted octanol–water partition coefficient (Wildman–Crippen LogP) is 2.03. The van der Waals surface area contributed by atoms with Crippen LogP contribution in [0, 0.1) is 5.82 Å². The molecule has 0 bridgehead atoms. The van der Waals surface area contributed by atoms with Gasteiger partial charge in [0.05, 0.1) is 17.6 Å². The summed E-state index contributed by atoms with van der Waals surface area (Å²) < 4.78 is 15.7. The number of H-pyrrole nitrogens is 1. The molecular formula is C17H15ClFN9O. The van der Waals surface area contributed by atoms with E-state index >= 15 is 0 Å². The van der Waals surface area contributed by atoms with Crippen molar-refractivity contribution >= 4 is 40.1 Å². The molecule has 0 spiro atoms. The quantitative estimate of drug-likeness (QED) is 0.394. The molecule has 3 aromatic heterocycles. The maximum Gasteiger partial charge on any atom is 0.267 e. The molecule has 4 aromatic rings. The number of hydrogen-bond acceptors (Lipinski definition) is 8. The van der Waals surface area contributed by atoms with Crippen molar-refractivity contribution in [3.8, 4) is 5.82 Å². The highest BCUT2D eigenvalue weighted by atomic mass is 35.5. The Kier molecular flexibility index (Phi) is 4.51.